The molecule has 1 aromatic heterocycles. The van der Waals surface area contributed by atoms with E-state index in [0.29, 0.717) is 13.1 Å². The predicted molar refractivity (Wildman–Crippen MR) is 81.5 cm³/mol. The van der Waals surface area contributed by atoms with E-state index in [1.807, 2.05) is 44.2 Å². The molecule has 5 heteroatoms. The van der Waals surface area contributed by atoms with Crippen molar-refractivity contribution >= 4 is 5.91 Å². The Morgan fingerprint density at radius 2 is 2.10 bits per heavy atom. The summed E-state index contributed by atoms with van der Waals surface area (Å²) in [6.45, 7) is 5.01. The van der Waals surface area contributed by atoms with Crippen LogP contribution in [0.1, 0.15) is 31.4 Å². The highest BCUT2D eigenvalue weighted by Gasteiger charge is 2.06. The van der Waals surface area contributed by atoms with Gasteiger partial charge in [-0.15, -0.1) is 0 Å². The van der Waals surface area contributed by atoms with E-state index in [1.165, 1.54) is 6.33 Å². The van der Waals surface area contributed by atoms with Crippen molar-refractivity contribution in [3.63, 3.8) is 0 Å². The SMILES string of the molecule is CC/C=C(/C)C(=O)NCc1ccccc1Cn1cncn1. The Hall–Kier alpha value is -2.43. The smallest absolute Gasteiger partial charge is 0.246 e. The fraction of sp³-hybridized carbons (Fsp3) is 0.312. The maximum atomic E-state index is 11.9. The van der Waals surface area contributed by atoms with Gasteiger partial charge in [-0.05, 0) is 24.5 Å². The van der Waals surface area contributed by atoms with Crippen LogP contribution in [0.15, 0.2) is 48.6 Å². The number of allylic oxidation sites excluding steroid dienone is 1. The summed E-state index contributed by atoms with van der Waals surface area (Å²) in [5.74, 6) is -0.0209. The van der Waals surface area contributed by atoms with Crippen molar-refractivity contribution in [2.75, 3.05) is 0 Å². The van der Waals surface area contributed by atoms with Crippen LogP contribution in [0.2, 0.25) is 0 Å². The molecule has 0 aliphatic rings. The Bertz CT molecular complexity index is 617. The number of nitrogens with zero attached hydrogens (tertiary/aromatic N) is 3. The van der Waals surface area contributed by atoms with Crippen LogP contribution in [0.4, 0.5) is 0 Å². The maximum absolute atomic E-state index is 11.9. The quantitative estimate of drug-likeness (QED) is 0.828. The molecule has 0 saturated carbocycles. The summed E-state index contributed by atoms with van der Waals surface area (Å²) in [6, 6.07) is 8.02. The van der Waals surface area contributed by atoms with Gasteiger partial charge in [0.1, 0.15) is 12.7 Å². The lowest BCUT2D eigenvalue weighted by molar-refractivity contribution is -0.117. The highest BCUT2D eigenvalue weighted by Crippen LogP contribution is 2.10. The average Bonchev–Trinajstić information content (AvgIpc) is 2.99. The third kappa shape index (κ3) is 4.27. The number of benzene rings is 1. The first-order valence-electron chi connectivity index (χ1n) is 7.05. The largest absolute Gasteiger partial charge is 0.348 e. The molecule has 1 aromatic carbocycles. The zero-order valence-electron chi connectivity index (χ0n) is 12.4. The highest BCUT2D eigenvalue weighted by molar-refractivity contribution is 5.92. The lowest BCUT2D eigenvalue weighted by Crippen LogP contribution is -2.24. The first kappa shape index (κ1) is 15.0. The molecule has 0 radical (unpaired) electrons. The van der Waals surface area contributed by atoms with Crippen molar-refractivity contribution in [1.29, 1.82) is 0 Å². The number of aromatic nitrogens is 3. The summed E-state index contributed by atoms with van der Waals surface area (Å²) in [5, 5.41) is 7.06. The van der Waals surface area contributed by atoms with E-state index in [4.69, 9.17) is 0 Å². The van der Waals surface area contributed by atoms with E-state index >= 15 is 0 Å². The van der Waals surface area contributed by atoms with Gasteiger partial charge in [-0.25, -0.2) is 9.67 Å². The lowest BCUT2D eigenvalue weighted by atomic mass is 10.1. The normalized spacial score (nSPS) is 11.4. The second kappa shape index (κ2) is 7.38. The van der Waals surface area contributed by atoms with E-state index in [1.54, 1.807) is 11.0 Å². The molecular formula is C16H20N4O. The van der Waals surface area contributed by atoms with Gasteiger partial charge >= 0.3 is 0 Å². The van der Waals surface area contributed by atoms with Gasteiger partial charge < -0.3 is 5.32 Å². The molecular weight excluding hydrogens is 264 g/mol. The predicted octanol–water partition coefficient (Wildman–Crippen LogP) is 2.30. The Morgan fingerprint density at radius 3 is 2.76 bits per heavy atom. The van der Waals surface area contributed by atoms with Gasteiger partial charge in [0.2, 0.25) is 5.91 Å². The van der Waals surface area contributed by atoms with Crippen molar-refractivity contribution in [3.05, 3.63) is 59.7 Å². The molecule has 0 aliphatic heterocycles. The number of amides is 1. The Labute approximate surface area is 124 Å². The minimum absolute atomic E-state index is 0.0209. The average molecular weight is 284 g/mol. The van der Waals surface area contributed by atoms with E-state index in [2.05, 4.69) is 15.4 Å². The zero-order valence-corrected chi connectivity index (χ0v) is 12.4. The minimum atomic E-state index is -0.0209. The van der Waals surface area contributed by atoms with Gasteiger partial charge in [-0.3, -0.25) is 4.79 Å². The molecule has 0 unspecified atom stereocenters. The molecule has 110 valence electrons. The molecule has 0 saturated heterocycles. The molecule has 21 heavy (non-hydrogen) atoms. The summed E-state index contributed by atoms with van der Waals surface area (Å²) in [5.41, 5.74) is 2.97. The number of carbonyl (C=O) groups excluding carboxylic acids is 1. The van der Waals surface area contributed by atoms with Crippen LogP contribution in [0.25, 0.3) is 0 Å². The van der Waals surface area contributed by atoms with E-state index in [0.717, 1.165) is 23.1 Å². The summed E-state index contributed by atoms with van der Waals surface area (Å²) < 4.78 is 1.77. The first-order chi connectivity index (χ1) is 10.2. The van der Waals surface area contributed by atoms with Crippen LogP contribution in [0, 0.1) is 0 Å². The van der Waals surface area contributed by atoms with Gasteiger partial charge in [0.15, 0.2) is 0 Å². The minimum Gasteiger partial charge on any atom is -0.348 e. The monoisotopic (exact) mass is 284 g/mol. The van der Waals surface area contributed by atoms with Gasteiger partial charge in [-0.1, -0.05) is 37.3 Å². The first-order valence-corrected chi connectivity index (χ1v) is 7.05. The Morgan fingerprint density at radius 1 is 1.33 bits per heavy atom. The zero-order chi connectivity index (χ0) is 15.1. The topological polar surface area (TPSA) is 59.8 Å². The number of carbonyl (C=O) groups is 1. The Balaban J connectivity index is 2.03. The summed E-state index contributed by atoms with van der Waals surface area (Å²) >= 11 is 0. The molecule has 1 N–H and O–H groups in total. The van der Waals surface area contributed by atoms with Crippen molar-refractivity contribution in [2.24, 2.45) is 0 Å². The standard InChI is InChI=1S/C16H20N4O/c1-3-6-13(2)16(21)18-9-14-7-4-5-8-15(14)10-20-12-17-11-19-20/h4-8,11-12H,3,9-10H2,1-2H3,(H,18,21)/b13-6-. The molecule has 2 aromatic rings. The number of rotatable bonds is 6. The van der Waals surface area contributed by atoms with Crippen LogP contribution in [-0.4, -0.2) is 20.7 Å². The molecule has 0 spiro atoms. The second-order valence-electron chi connectivity index (χ2n) is 4.84. The Kier molecular flexibility index (Phi) is 5.26. The summed E-state index contributed by atoms with van der Waals surface area (Å²) in [7, 11) is 0. The van der Waals surface area contributed by atoms with Crippen LogP contribution in [0.3, 0.4) is 0 Å². The van der Waals surface area contributed by atoms with Gasteiger partial charge in [0, 0.05) is 12.1 Å². The van der Waals surface area contributed by atoms with Crippen LogP contribution >= 0.6 is 0 Å². The molecule has 0 aliphatic carbocycles. The number of hydrogen-bond acceptors (Lipinski definition) is 3. The van der Waals surface area contributed by atoms with Gasteiger partial charge in [-0.2, -0.15) is 5.10 Å². The third-order valence-electron chi connectivity index (χ3n) is 3.23. The van der Waals surface area contributed by atoms with Gasteiger partial charge in [0.25, 0.3) is 0 Å². The van der Waals surface area contributed by atoms with Crippen LogP contribution < -0.4 is 5.32 Å². The van der Waals surface area contributed by atoms with E-state index < -0.39 is 0 Å². The third-order valence-corrected chi connectivity index (χ3v) is 3.23. The molecule has 0 bridgehead atoms. The molecule has 1 amide bonds. The van der Waals surface area contributed by atoms with E-state index in [9.17, 15) is 4.79 Å². The lowest BCUT2D eigenvalue weighted by Gasteiger charge is -2.11. The summed E-state index contributed by atoms with van der Waals surface area (Å²) in [4.78, 5) is 15.9. The van der Waals surface area contributed by atoms with Crippen molar-refractivity contribution in [2.45, 2.75) is 33.4 Å². The highest BCUT2D eigenvalue weighted by atomic mass is 16.1. The fourth-order valence-electron chi connectivity index (χ4n) is 2.09. The fourth-order valence-corrected chi connectivity index (χ4v) is 2.09. The molecule has 0 atom stereocenters. The van der Waals surface area contributed by atoms with Crippen LogP contribution in [0.5, 0.6) is 0 Å². The van der Waals surface area contributed by atoms with Crippen molar-refractivity contribution in [1.82, 2.24) is 20.1 Å². The summed E-state index contributed by atoms with van der Waals surface area (Å²) in [6.07, 6.45) is 5.99. The number of hydrogen-bond donors (Lipinski definition) is 1. The second-order valence-corrected chi connectivity index (χ2v) is 4.84. The maximum Gasteiger partial charge on any atom is 0.246 e. The molecule has 2 rings (SSSR count). The van der Waals surface area contributed by atoms with Crippen molar-refractivity contribution in [3.8, 4) is 0 Å². The molecule has 5 nitrogen and oxygen atoms in total. The number of nitrogens with one attached hydrogen (secondary N) is 1. The van der Waals surface area contributed by atoms with Crippen molar-refractivity contribution < 1.29 is 4.79 Å². The van der Waals surface area contributed by atoms with E-state index in [-0.39, 0.29) is 5.91 Å². The molecule has 1 heterocycles. The van der Waals surface area contributed by atoms with Crippen LogP contribution in [-0.2, 0) is 17.9 Å². The van der Waals surface area contributed by atoms with Gasteiger partial charge in [0.05, 0.1) is 6.54 Å². The molecule has 0 fully saturated rings.